The Kier molecular flexibility index (Phi) is 7.30. The fourth-order valence-electron chi connectivity index (χ4n) is 11.6. The summed E-state index contributed by atoms with van der Waals surface area (Å²) < 4.78 is 0. The van der Waals surface area contributed by atoms with Crippen molar-refractivity contribution >= 4 is 74.2 Å². The van der Waals surface area contributed by atoms with E-state index in [1.165, 1.54) is 77.5 Å². The van der Waals surface area contributed by atoms with Crippen molar-refractivity contribution in [3.05, 3.63) is 227 Å². The highest BCUT2D eigenvalue weighted by atomic mass is 15.2. The second-order valence-electron chi connectivity index (χ2n) is 17.3. The molecule has 0 saturated heterocycles. The second-order valence-corrected chi connectivity index (χ2v) is 17.3. The molecule has 2 aliphatic carbocycles. The fraction of sp³-hybridized carbons (Fsp3) is 0.107. The summed E-state index contributed by atoms with van der Waals surface area (Å²) in [6, 6.07) is 67.7. The molecular formula is C56H43BN2. The maximum atomic E-state index is 2.62. The van der Waals surface area contributed by atoms with Gasteiger partial charge >= 0.3 is 0 Å². The van der Waals surface area contributed by atoms with Crippen LogP contribution in [-0.2, 0) is 17.3 Å². The molecule has 0 saturated carbocycles. The van der Waals surface area contributed by atoms with Crippen molar-refractivity contribution in [2.45, 2.75) is 38.0 Å². The molecule has 1 atom stereocenters. The third kappa shape index (κ3) is 4.65. The van der Waals surface area contributed by atoms with Crippen LogP contribution in [0.5, 0.6) is 0 Å². The molecule has 0 amide bonds. The van der Waals surface area contributed by atoms with Crippen LogP contribution < -0.4 is 20.7 Å². The number of allylic oxidation sites excluding steroid dienone is 3. The van der Waals surface area contributed by atoms with Crippen LogP contribution in [0, 0.1) is 0 Å². The van der Waals surface area contributed by atoms with Gasteiger partial charge in [0.05, 0.1) is 0 Å². The van der Waals surface area contributed by atoms with Crippen molar-refractivity contribution in [1.82, 2.24) is 0 Å². The van der Waals surface area contributed by atoms with Crippen molar-refractivity contribution in [1.29, 1.82) is 0 Å². The summed E-state index contributed by atoms with van der Waals surface area (Å²) in [5.74, 6) is 0. The molecule has 12 rings (SSSR count). The normalized spacial score (nSPS) is 17.7. The van der Waals surface area contributed by atoms with Crippen molar-refractivity contribution in [3.63, 3.8) is 0 Å². The standard InChI is InChI=1S/C56H43BN2/c1-55(2)46-33-14-13-30-43(46)51-54(55)57-47-34-15-16-35-48(47)59(42-29-19-28-41(36-42)58(39-24-9-5-10-25-39)40-26-11-6-12-27-40)53-45-32-18-21-37-20-17-31-44(49(37)45)50(52(53)57)56(51,3)38-22-7-4-8-23-38/h4-30,32-36H,31H2,1-3H3/t56-/m1/s1. The quantitative estimate of drug-likeness (QED) is 0.162. The molecular weight excluding hydrogens is 711 g/mol. The van der Waals surface area contributed by atoms with Gasteiger partial charge in [0.15, 0.2) is 0 Å². The van der Waals surface area contributed by atoms with Crippen molar-refractivity contribution in [3.8, 4) is 0 Å². The van der Waals surface area contributed by atoms with Gasteiger partial charge in [-0.1, -0.05) is 165 Å². The number of hydrogen-bond acceptors (Lipinski definition) is 2. The van der Waals surface area contributed by atoms with Gasteiger partial charge in [-0.15, -0.1) is 0 Å². The number of nitrogens with zero attached hydrogens (tertiary/aromatic N) is 2. The number of benzene rings is 8. The van der Waals surface area contributed by atoms with Crippen LogP contribution in [0.1, 0.15) is 54.2 Å². The minimum atomic E-state index is -0.417. The van der Waals surface area contributed by atoms with Gasteiger partial charge in [-0.05, 0) is 117 Å². The number of fused-ring (bicyclic) bond motifs is 7. The van der Waals surface area contributed by atoms with Gasteiger partial charge < -0.3 is 9.80 Å². The smallest absolute Gasteiger partial charge is 0.244 e. The van der Waals surface area contributed by atoms with Crippen LogP contribution in [0.4, 0.5) is 34.1 Å². The predicted molar refractivity (Wildman–Crippen MR) is 250 cm³/mol. The lowest BCUT2D eigenvalue weighted by Crippen LogP contribution is -2.60. The zero-order valence-corrected chi connectivity index (χ0v) is 33.7. The Bertz CT molecular complexity index is 3030. The van der Waals surface area contributed by atoms with E-state index in [-0.39, 0.29) is 12.1 Å². The number of para-hydroxylation sites is 3. The molecule has 4 aliphatic rings. The first kappa shape index (κ1) is 34.2. The number of hydrogen-bond donors (Lipinski definition) is 0. The van der Waals surface area contributed by atoms with Crippen molar-refractivity contribution in [2.24, 2.45) is 0 Å². The monoisotopic (exact) mass is 754 g/mol. The molecule has 0 unspecified atom stereocenters. The molecule has 2 heterocycles. The Morgan fingerprint density at radius 1 is 0.610 bits per heavy atom. The Labute approximate surface area is 347 Å². The van der Waals surface area contributed by atoms with Gasteiger partial charge in [0.2, 0.25) is 6.71 Å². The Hall–Kier alpha value is -6.84. The lowest BCUT2D eigenvalue weighted by atomic mass is 9.27. The van der Waals surface area contributed by atoms with Gasteiger partial charge in [0.25, 0.3) is 0 Å². The number of rotatable bonds is 5. The summed E-state index contributed by atoms with van der Waals surface area (Å²) in [6.45, 7) is 7.59. The minimum absolute atomic E-state index is 0.0742. The van der Waals surface area contributed by atoms with Crippen LogP contribution in [0.15, 0.2) is 194 Å². The highest BCUT2D eigenvalue weighted by Gasteiger charge is 2.57. The maximum absolute atomic E-state index is 2.62. The first-order chi connectivity index (χ1) is 29.0. The lowest BCUT2D eigenvalue weighted by Gasteiger charge is -2.50. The third-order valence-corrected chi connectivity index (χ3v) is 13.9. The summed E-state index contributed by atoms with van der Waals surface area (Å²) in [4.78, 5) is 5.00. The summed E-state index contributed by atoms with van der Waals surface area (Å²) in [5.41, 5.74) is 20.7. The number of anilines is 6. The summed E-state index contributed by atoms with van der Waals surface area (Å²) >= 11 is 0. The van der Waals surface area contributed by atoms with Gasteiger partial charge in [-0.2, -0.15) is 0 Å². The largest absolute Gasteiger partial charge is 0.311 e. The summed E-state index contributed by atoms with van der Waals surface area (Å²) in [6.07, 6.45) is 5.66. The van der Waals surface area contributed by atoms with E-state index in [0.29, 0.717) is 0 Å². The minimum Gasteiger partial charge on any atom is -0.311 e. The molecule has 0 spiro atoms. The van der Waals surface area contributed by atoms with Crippen LogP contribution >= 0.6 is 0 Å². The molecule has 0 radical (unpaired) electrons. The van der Waals surface area contributed by atoms with E-state index in [4.69, 9.17) is 0 Å². The van der Waals surface area contributed by atoms with Crippen LogP contribution in [0.3, 0.4) is 0 Å². The van der Waals surface area contributed by atoms with E-state index in [1.807, 2.05) is 0 Å². The summed E-state index contributed by atoms with van der Waals surface area (Å²) in [5, 5.41) is 2.70. The molecule has 0 aromatic heterocycles. The molecule has 0 fully saturated rings. The Balaban J connectivity index is 1.22. The van der Waals surface area contributed by atoms with Gasteiger partial charge in [0.1, 0.15) is 0 Å². The van der Waals surface area contributed by atoms with E-state index in [0.717, 1.165) is 29.2 Å². The fourth-order valence-corrected chi connectivity index (χ4v) is 11.6. The lowest BCUT2D eigenvalue weighted by molar-refractivity contribution is 0.658. The zero-order chi connectivity index (χ0) is 39.5. The first-order valence-corrected chi connectivity index (χ1v) is 21.0. The van der Waals surface area contributed by atoms with E-state index < -0.39 is 5.41 Å². The maximum Gasteiger partial charge on any atom is 0.244 e. The molecule has 3 heteroatoms. The van der Waals surface area contributed by atoms with Gasteiger partial charge in [-0.25, -0.2) is 0 Å². The molecule has 59 heavy (non-hydrogen) atoms. The van der Waals surface area contributed by atoms with E-state index in [9.17, 15) is 0 Å². The molecule has 280 valence electrons. The van der Waals surface area contributed by atoms with Crippen LogP contribution in [0.25, 0.3) is 22.4 Å². The Morgan fingerprint density at radius 3 is 2.02 bits per heavy atom. The second kappa shape index (κ2) is 12.6. The summed E-state index contributed by atoms with van der Waals surface area (Å²) in [7, 11) is 0. The zero-order valence-electron chi connectivity index (χ0n) is 33.7. The SMILES string of the molecule is CC1(C)C2=C(c3ccccc31)[C@](C)(c1ccccc1)c1c3c(c4cccc5c4c1CC=C5)N(c1cccc(N(c4ccccc4)c4ccccc4)c1)c1ccccc1B23. The molecule has 8 aromatic rings. The van der Waals surface area contributed by atoms with E-state index in [1.54, 1.807) is 0 Å². The molecule has 8 aromatic carbocycles. The van der Waals surface area contributed by atoms with Crippen molar-refractivity contribution in [2.75, 3.05) is 9.80 Å². The molecule has 0 N–H and O–H groups in total. The molecule has 2 aliphatic heterocycles. The average molecular weight is 755 g/mol. The van der Waals surface area contributed by atoms with Crippen LogP contribution in [0.2, 0.25) is 0 Å². The topological polar surface area (TPSA) is 6.48 Å². The molecule has 2 nitrogen and oxygen atoms in total. The van der Waals surface area contributed by atoms with Crippen LogP contribution in [-0.4, -0.2) is 6.71 Å². The average Bonchev–Trinajstić information content (AvgIpc) is 3.53. The first-order valence-electron chi connectivity index (χ1n) is 21.0. The highest BCUT2D eigenvalue weighted by Crippen LogP contribution is 2.61. The third-order valence-electron chi connectivity index (χ3n) is 13.9. The van der Waals surface area contributed by atoms with Crippen molar-refractivity contribution < 1.29 is 0 Å². The van der Waals surface area contributed by atoms with Gasteiger partial charge in [-0.3, -0.25) is 0 Å². The Morgan fingerprint density at radius 2 is 1.25 bits per heavy atom. The predicted octanol–water partition coefficient (Wildman–Crippen LogP) is 12.9. The highest BCUT2D eigenvalue weighted by molar-refractivity contribution is 6.96. The molecule has 0 bridgehead atoms. The van der Waals surface area contributed by atoms with Gasteiger partial charge in [0, 0.05) is 50.3 Å². The van der Waals surface area contributed by atoms with E-state index >= 15 is 0 Å². The van der Waals surface area contributed by atoms with E-state index in [2.05, 4.69) is 225 Å².